The van der Waals surface area contributed by atoms with E-state index in [0.29, 0.717) is 12.5 Å². The van der Waals surface area contributed by atoms with Crippen molar-refractivity contribution in [2.45, 2.75) is 47.6 Å². The van der Waals surface area contributed by atoms with E-state index >= 15 is 0 Å². The molecule has 0 aromatic heterocycles. The van der Waals surface area contributed by atoms with Crippen LogP contribution in [-0.4, -0.2) is 31.1 Å². The Labute approximate surface area is 110 Å². The lowest BCUT2D eigenvalue weighted by Crippen LogP contribution is -2.50. The highest BCUT2D eigenvalue weighted by Crippen LogP contribution is 2.24. The Morgan fingerprint density at radius 3 is 2.17 bits per heavy atom. The molecule has 18 heavy (non-hydrogen) atoms. The highest BCUT2D eigenvalue weighted by atomic mass is 16.2. The van der Waals surface area contributed by atoms with Gasteiger partial charge in [-0.05, 0) is 25.2 Å². The van der Waals surface area contributed by atoms with Crippen molar-refractivity contribution >= 4 is 11.9 Å². The molecular formula is C13H27N3O2. The molecule has 0 aromatic rings. The first kappa shape index (κ1) is 16.9. The van der Waals surface area contributed by atoms with Crippen molar-refractivity contribution in [3.8, 4) is 0 Å². The van der Waals surface area contributed by atoms with E-state index in [4.69, 9.17) is 0 Å². The van der Waals surface area contributed by atoms with Gasteiger partial charge in [0, 0.05) is 13.1 Å². The molecule has 5 nitrogen and oxygen atoms in total. The summed E-state index contributed by atoms with van der Waals surface area (Å²) in [4.78, 5) is 22.9. The number of rotatable bonds is 6. The lowest BCUT2D eigenvalue weighted by atomic mass is 9.81. The second-order valence-electron chi connectivity index (χ2n) is 5.59. The molecule has 1 atom stereocenters. The summed E-state index contributed by atoms with van der Waals surface area (Å²) in [5.74, 6) is 0.212. The predicted molar refractivity (Wildman–Crippen MR) is 73.3 cm³/mol. The first-order valence-electron chi connectivity index (χ1n) is 6.52. The summed E-state index contributed by atoms with van der Waals surface area (Å²) in [6, 6.07) is -0.829. The molecule has 0 spiro atoms. The van der Waals surface area contributed by atoms with Gasteiger partial charge >= 0.3 is 6.03 Å². The van der Waals surface area contributed by atoms with Crippen LogP contribution in [0.15, 0.2) is 0 Å². The highest BCUT2D eigenvalue weighted by Gasteiger charge is 2.24. The number of urea groups is 1. The van der Waals surface area contributed by atoms with Gasteiger partial charge in [0.15, 0.2) is 0 Å². The minimum Gasteiger partial charge on any atom is -0.338 e. The number of imide groups is 1. The summed E-state index contributed by atoms with van der Waals surface area (Å²) in [5.41, 5.74) is 0.111. The average molecular weight is 257 g/mol. The lowest BCUT2D eigenvalue weighted by molar-refractivity contribution is -0.121. The summed E-state index contributed by atoms with van der Waals surface area (Å²) in [7, 11) is 0. The zero-order valence-corrected chi connectivity index (χ0v) is 12.4. The summed E-state index contributed by atoms with van der Waals surface area (Å²) < 4.78 is 0. The standard InChI is InChI=1S/C13H27N3O2/c1-7-14-12(18)16-11(17)10(4)15-8-13(5,6)9(2)3/h9-10,15H,7-8H2,1-6H3,(H2,14,16,17,18). The van der Waals surface area contributed by atoms with E-state index in [-0.39, 0.29) is 17.4 Å². The van der Waals surface area contributed by atoms with Crippen molar-refractivity contribution in [1.82, 2.24) is 16.0 Å². The van der Waals surface area contributed by atoms with Crippen LogP contribution in [0.2, 0.25) is 0 Å². The maximum Gasteiger partial charge on any atom is 0.321 e. The zero-order chi connectivity index (χ0) is 14.3. The van der Waals surface area contributed by atoms with Gasteiger partial charge in [-0.25, -0.2) is 4.79 Å². The van der Waals surface area contributed by atoms with Crippen LogP contribution in [0, 0.1) is 11.3 Å². The van der Waals surface area contributed by atoms with Crippen LogP contribution in [-0.2, 0) is 4.79 Å². The van der Waals surface area contributed by atoms with Gasteiger partial charge < -0.3 is 10.6 Å². The number of hydrogen-bond donors (Lipinski definition) is 3. The van der Waals surface area contributed by atoms with Gasteiger partial charge in [0.1, 0.15) is 0 Å². The van der Waals surface area contributed by atoms with Crippen molar-refractivity contribution in [2.24, 2.45) is 11.3 Å². The molecule has 0 aliphatic carbocycles. The second-order valence-corrected chi connectivity index (χ2v) is 5.59. The fourth-order valence-electron chi connectivity index (χ4n) is 1.14. The molecule has 0 heterocycles. The smallest absolute Gasteiger partial charge is 0.321 e. The summed E-state index contributed by atoms with van der Waals surface area (Å²) in [5, 5.41) is 7.98. The van der Waals surface area contributed by atoms with Gasteiger partial charge in [0.25, 0.3) is 0 Å². The van der Waals surface area contributed by atoms with Crippen LogP contribution in [0.5, 0.6) is 0 Å². The van der Waals surface area contributed by atoms with Gasteiger partial charge in [-0.3, -0.25) is 10.1 Å². The first-order valence-corrected chi connectivity index (χ1v) is 6.52. The molecule has 0 aliphatic heterocycles. The fraction of sp³-hybridized carbons (Fsp3) is 0.846. The van der Waals surface area contributed by atoms with Crippen LogP contribution in [0.4, 0.5) is 4.79 Å². The Bertz CT molecular complexity index is 288. The molecule has 3 amide bonds. The van der Waals surface area contributed by atoms with E-state index in [1.165, 1.54) is 0 Å². The summed E-state index contributed by atoms with van der Waals surface area (Å²) in [6.07, 6.45) is 0. The number of carbonyl (C=O) groups is 2. The van der Waals surface area contributed by atoms with E-state index in [1.807, 2.05) is 0 Å². The Morgan fingerprint density at radius 2 is 1.72 bits per heavy atom. The molecular weight excluding hydrogens is 230 g/mol. The molecule has 0 rings (SSSR count). The highest BCUT2D eigenvalue weighted by molar-refractivity contribution is 5.96. The molecule has 0 fully saturated rings. The minimum atomic E-state index is -0.445. The molecule has 5 heteroatoms. The maximum absolute atomic E-state index is 11.7. The van der Waals surface area contributed by atoms with Crippen LogP contribution < -0.4 is 16.0 Å². The van der Waals surface area contributed by atoms with E-state index in [0.717, 1.165) is 6.54 Å². The third-order valence-electron chi connectivity index (χ3n) is 3.39. The van der Waals surface area contributed by atoms with Crippen molar-refractivity contribution in [2.75, 3.05) is 13.1 Å². The number of amides is 3. The van der Waals surface area contributed by atoms with Gasteiger partial charge in [0.2, 0.25) is 5.91 Å². The second kappa shape index (κ2) is 7.36. The van der Waals surface area contributed by atoms with Crippen molar-refractivity contribution in [3.63, 3.8) is 0 Å². The molecule has 1 unspecified atom stereocenters. The Kier molecular flexibility index (Phi) is 6.91. The fourth-order valence-corrected chi connectivity index (χ4v) is 1.14. The van der Waals surface area contributed by atoms with E-state index in [1.54, 1.807) is 13.8 Å². The zero-order valence-electron chi connectivity index (χ0n) is 12.4. The molecule has 106 valence electrons. The largest absolute Gasteiger partial charge is 0.338 e. The van der Waals surface area contributed by atoms with Crippen LogP contribution in [0.3, 0.4) is 0 Å². The van der Waals surface area contributed by atoms with Gasteiger partial charge in [-0.2, -0.15) is 0 Å². The summed E-state index contributed by atoms with van der Waals surface area (Å²) in [6.45, 7) is 13.4. The van der Waals surface area contributed by atoms with E-state index < -0.39 is 6.03 Å². The third-order valence-corrected chi connectivity index (χ3v) is 3.39. The van der Waals surface area contributed by atoms with Crippen molar-refractivity contribution in [3.05, 3.63) is 0 Å². The van der Waals surface area contributed by atoms with Crippen LogP contribution in [0.25, 0.3) is 0 Å². The first-order chi connectivity index (χ1) is 8.20. The Morgan fingerprint density at radius 1 is 1.17 bits per heavy atom. The molecule has 0 radical (unpaired) electrons. The molecule has 0 aromatic carbocycles. The van der Waals surface area contributed by atoms with Crippen molar-refractivity contribution in [1.29, 1.82) is 0 Å². The third kappa shape index (κ3) is 6.00. The minimum absolute atomic E-state index is 0.111. The molecule has 3 N–H and O–H groups in total. The number of hydrogen-bond acceptors (Lipinski definition) is 3. The van der Waals surface area contributed by atoms with Crippen LogP contribution in [0.1, 0.15) is 41.5 Å². The van der Waals surface area contributed by atoms with Gasteiger partial charge in [-0.15, -0.1) is 0 Å². The summed E-state index contributed by atoms with van der Waals surface area (Å²) >= 11 is 0. The van der Waals surface area contributed by atoms with Gasteiger partial charge in [-0.1, -0.05) is 27.7 Å². The molecule has 0 saturated carbocycles. The van der Waals surface area contributed by atoms with E-state index in [2.05, 4.69) is 43.6 Å². The van der Waals surface area contributed by atoms with E-state index in [9.17, 15) is 9.59 Å². The van der Waals surface area contributed by atoms with Gasteiger partial charge in [0.05, 0.1) is 6.04 Å². The average Bonchev–Trinajstić information content (AvgIpc) is 2.25. The maximum atomic E-state index is 11.7. The monoisotopic (exact) mass is 257 g/mol. The molecule has 0 saturated heterocycles. The van der Waals surface area contributed by atoms with Crippen LogP contribution >= 0.6 is 0 Å². The SMILES string of the molecule is CCNC(=O)NC(=O)C(C)NCC(C)(C)C(C)C. The van der Waals surface area contributed by atoms with Crippen molar-refractivity contribution < 1.29 is 9.59 Å². The topological polar surface area (TPSA) is 70.2 Å². The quantitative estimate of drug-likeness (QED) is 0.675. The number of nitrogens with one attached hydrogen (secondary N) is 3. The predicted octanol–water partition coefficient (Wildman–Crippen LogP) is 1.49. The number of carbonyl (C=O) groups excluding carboxylic acids is 2. The lowest BCUT2D eigenvalue weighted by Gasteiger charge is -2.30. The Balaban J connectivity index is 4.13. The Hall–Kier alpha value is -1.10. The normalized spacial score (nSPS) is 13.3. The molecule has 0 aliphatic rings. The molecule has 0 bridgehead atoms.